The lowest BCUT2D eigenvalue weighted by atomic mass is 9.99. The van der Waals surface area contributed by atoms with Crippen LogP contribution in [-0.4, -0.2) is 87.5 Å². The smallest absolute Gasteiger partial charge is 0.220 e. The van der Waals surface area contributed by atoms with Gasteiger partial charge in [0.05, 0.1) is 25.4 Å². The predicted octanol–water partition coefficient (Wildman–Crippen LogP) is 11.1. The number of unbranched alkanes of at least 4 members (excludes halogenated alkanes) is 28. The van der Waals surface area contributed by atoms with E-state index in [0.29, 0.717) is 12.8 Å². The van der Waals surface area contributed by atoms with Crippen molar-refractivity contribution in [3.05, 3.63) is 24.3 Å². The van der Waals surface area contributed by atoms with E-state index in [1.54, 1.807) is 0 Å². The fourth-order valence-corrected chi connectivity index (χ4v) is 8.02. The van der Waals surface area contributed by atoms with Gasteiger partial charge >= 0.3 is 0 Å². The van der Waals surface area contributed by atoms with E-state index >= 15 is 0 Å². The Morgan fingerprint density at radius 3 is 1.46 bits per heavy atom. The zero-order valence-corrected chi connectivity index (χ0v) is 38.3. The third-order valence-corrected chi connectivity index (χ3v) is 12.1. The Hall–Kier alpha value is -1.33. The lowest BCUT2D eigenvalue weighted by molar-refractivity contribution is -0.302. The van der Waals surface area contributed by atoms with E-state index in [1.807, 2.05) is 0 Å². The van der Waals surface area contributed by atoms with Crippen molar-refractivity contribution < 1.29 is 39.8 Å². The van der Waals surface area contributed by atoms with Crippen molar-refractivity contribution in [1.29, 1.82) is 0 Å². The van der Waals surface area contributed by atoms with E-state index in [4.69, 9.17) is 9.47 Å². The molecule has 348 valence electrons. The minimum atomic E-state index is -1.55. The first kappa shape index (κ1) is 55.7. The number of nitrogens with one attached hydrogen (secondary N) is 1. The van der Waals surface area contributed by atoms with Crippen LogP contribution in [0.2, 0.25) is 0 Å². The van der Waals surface area contributed by atoms with Crippen LogP contribution in [0.3, 0.4) is 0 Å². The van der Waals surface area contributed by atoms with Crippen LogP contribution >= 0.6 is 0 Å². The number of carbonyl (C=O) groups is 1. The number of amides is 1. The maximum atomic E-state index is 12.9. The minimum Gasteiger partial charge on any atom is -0.394 e. The first-order valence-corrected chi connectivity index (χ1v) is 25.0. The van der Waals surface area contributed by atoms with Gasteiger partial charge in [-0.1, -0.05) is 205 Å². The van der Waals surface area contributed by atoms with Crippen LogP contribution in [-0.2, 0) is 14.3 Å². The maximum Gasteiger partial charge on any atom is 0.220 e. The lowest BCUT2D eigenvalue weighted by Crippen LogP contribution is -2.60. The van der Waals surface area contributed by atoms with E-state index in [0.717, 1.165) is 44.9 Å². The summed E-state index contributed by atoms with van der Waals surface area (Å²) in [6.07, 6.45) is 42.3. The number of hydrogen-bond donors (Lipinski definition) is 6. The SMILES string of the molecule is CCCCCCC/C=C\C/C=C\CCCCCCCCCCCCCCCCCCCC(=O)NC(COC1OC(CO)C(O)C(O)C1O)C(O)CCCCCCCCC. The van der Waals surface area contributed by atoms with Gasteiger partial charge in [-0.15, -0.1) is 0 Å². The molecular formula is C50H95NO8. The molecule has 1 saturated heterocycles. The third-order valence-electron chi connectivity index (χ3n) is 12.1. The summed E-state index contributed by atoms with van der Waals surface area (Å²) < 4.78 is 11.2. The number of aliphatic hydroxyl groups is 5. The van der Waals surface area contributed by atoms with Gasteiger partial charge in [-0.3, -0.25) is 4.79 Å². The summed E-state index contributed by atoms with van der Waals surface area (Å²) in [5.41, 5.74) is 0. The van der Waals surface area contributed by atoms with E-state index in [9.17, 15) is 30.3 Å². The monoisotopic (exact) mass is 838 g/mol. The van der Waals surface area contributed by atoms with Crippen molar-refractivity contribution in [2.45, 2.75) is 275 Å². The van der Waals surface area contributed by atoms with Gasteiger partial charge in [-0.05, 0) is 44.9 Å². The molecule has 0 aromatic heterocycles. The van der Waals surface area contributed by atoms with E-state index in [-0.39, 0.29) is 12.5 Å². The predicted molar refractivity (Wildman–Crippen MR) is 244 cm³/mol. The standard InChI is InChI=1S/C50H95NO8/c1-3-5-7-9-11-12-13-14-15-16-17-18-19-20-21-22-23-24-25-26-27-28-29-30-31-32-34-36-38-40-46(54)51-43(44(53)39-37-35-33-10-8-6-4-2)42-58-50-49(57)48(56)47(55)45(41-52)59-50/h13-14,16-17,43-45,47-50,52-53,55-57H,3-12,15,18-42H2,1-2H3,(H,51,54)/b14-13-,17-16-. The molecule has 7 atom stereocenters. The highest BCUT2D eigenvalue weighted by Crippen LogP contribution is 2.23. The number of carbonyl (C=O) groups excluding carboxylic acids is 1. The van der Waals surface area contributed by atoms with Gasteiger partial charge in [0.1, 0.15) is 24.4 Å². The second kappa shape index (κ2) is 40.7. The maximum absolute atomic E-state index is 12.9. The normalized spacial score (nSPS) is 20.8. The topological polar surface area (TPSA) is 149 Å². The Morgan fingerprint density at radius 2 is 1.00 bits per heavy atom. The molecule has 0 saturated carbocycles. The average molecular weight is 838 g/mol. The molecule has 0 bridgehead atoms. The quantitative estimate of drug-likeness (QED) is 0.0263. The van der Waals surface area contributed by atoms with Crippen molar-refractivity contribution >= 4 is 5.91 Å². The summed E-state index contributed by atoms with van der Waals surface area (Å²) in [4.78, 5) is 12.9. The van der Waals surface area contributed by atoms with E-state index < -0.39 is 49.5 Å². The molecule has 0 aromatic carbocycles. The van der Waals surface area contributed by atoms with Gasteiger partial charge in [-0.25, -0.2) is 0 Å². The van der Waals surface area contributed by atoms with Gasteiger partial charge in [0.15, 0.2) is 6.29 Å². The van der Waals surface area contributed by atoms with Crippen LogP contribution in [0.25, 0.3) is 0 Å². The van der Waals surface area contributed by atoms with Crippen molar-refractivity contribution in [1.82, 2.24) is 5.32 Å². The largest absolute Gasteiger partial charge is 0.394 e. The first-order valence-electron chi connectivity index (χ1n) is 25.0. The van der Waals surface area contributed by atoms with Gasteiger partial charge in [0, 0.05) is 6.42 Å². The fourth-order valence-electron chi connectivity index (χ4n) is 8.02. The Labute approximate surface area is 362 Å². The molecule has 0 radical (unpaired) electrons. The number of rotatable bonds is 42. The number of aliphatic hydroxyl groups excluding tert-OH is 5. The summed E-state index contributed by atoms with van der Waals surface area (Å²) in [5.74, 6) is -0.146. The molecule has 7 unspecified atom stereocenters. The Bertz CT molecular complexity index is 977. The second-order valence-corrected chi connectivity index (χ2v) is 17.6. The Morgan fingerprint density at radius 1 is 0.576 bits per heavy atom. The minimum absolute atomic E-state index is 0.136. The van der Waals surface area contributed by atoms with Gasteiger partial charge in [0.2, 0.25) is 5.91 Å². The van der Waals surface area contributed by atoms with Crippen LogP contribution in [0.5, 0.6) is 0 Å². The van der Waals surface area contributed by atoms with Crippen molar-refractivity contribution in [2.24, 2.45) is 0 Å². The van der Waals surface area contributed by atoms with Crippen molar-refractivity contribution in [3.63, 3.8) is 0 Å². The molecule has 0 aliphatic carbocycles. The summed E-state index contributed by atoms with van der Waals surface area (Å²) >= 11 is 0. The molecule has 9 nitrogen and oxygen atoms in total. The molecule has 0 spiro atoms. The Balaban J connectivity index is 2.08. The van der Waals surface area contributed by atoms with Crippen LogP contribution in [0.4, 0.5) is 0 Å². The molecule has 1 rings (SSSR count). The molecule has 6 N–H and O–H groups in total. The summed E-state index contributed by atoms with van der Waals surface area (Å²) in [7, 11) is 0. The second-order valence-electron chi connectivity index (χ2n) is 17.6. The molecule has 1 aliphatic heterocycles. The lowest BCUT2D eigenvalue weighted by Gasteiger charge is -2.40. The van der Waals surface area contributed by atoms with Gasteiger partial charge in [0.25, 0.3) is 0 Å². The molecule has 0 aromatic rings. The zero-order valence-electron chi connectivity index (χ0n) is 38.3. The van der Waals surface area contributed by atoms with Gasteiger partial charge < -0.3 is 40.3 Å². The van der Waals surface area contributed by atoms with E-state index in [1.165, 1.54) is 161 Å². The highest BCUT2D eigenvalue weighted by molar-refractivity contribution is 5.76. The van der Waals surface area contributed by atoms with Crippen molar-refractivity contribution in [2.75, 3.05) is 13.2 Å². The zero-order chi connectivity index (χ0) is 43.0. The molecule has 59 heavy (non-hydrogen) atoms. The van der Waals surface area contributed by atoms with Crippen LogP contribution in [0.1, 0.15) is 232 Å². The molecule has 9 heteroatoms. The number of allylic oxidation sites excluding steroid dienone is 4. The van der Waals surface area contributed by atoms with Gasteiger partial charge in [-0.2, -0.15) is 0 Å². The molecule has 1 heterocycles. The highest BCUT2D eigenvalue weighted by atomic mass is 16.7. The molecule has 1 amide bonds. The summed E-state index contributed by atoms with van der Waals surface area (Å²) in [6.45, 7) is 3.78. The summed E-state index contributed by atoms with van der Waals surface area (Å²) in [6, 6.07) is -0.713. The van der Waals surface area contributed by atoms with Crippen LogP contribution in [0, 0.1) is 0 Å². The van der Waals surface area contributed by atoms with Crippen LogP contribution < -0.4 is 5.32 Å². The average Bonchev–Trinajstić information content (AvgIpc) is 3.23. The third kappa shape index (κ3) is 31.2. The Kier molecular flexibility index (Phi) is 38.4. The fraction of sp³-hybridized carbons (Fsp3) is 0.900. The van der Waals surface area contributed by atoms with E-state index in [2.05, 4.69) is 43.5 Å². The first-order chi connectivity index (χ1) is 28.8. The van der Waals surface area contributed by atoms with Crippen LogP contribution in [0.15, 0.2) is 24.3 Å². The highest BCUT2D eigenvalue weighted by Gasteiger charge is 2.44. The number of hydrogen-bond acceptors (Lipinski definition) is 8. The molecular weight excluding hydrogens is 743 g/mol. The summed E-state index contributed by atoms with van der Waals surface area (Å²) in [5, 5.41) is 54.1. The molecule has 1 aliphatic rings. The number of ether oxygens (including phenoxy) is 2. The molecule has 1 fully saturated rings. The van der Waals surface area contributed by atoms with Crippen molar-refractivity contribution in [3.8, 4) is 0 Å².